The second-order valence-corrected chi connectivity index (χ2v) is 14.4. The number of hydrogen-bond donors (Lipinski definition) is 0. The smallest absolute Gasteiger partial charge is 0.305 e. The summed E-state index contributed by atoms with van der Waals surface area (Å²) in [4.78, 5) is 12.3. The molecule has 0 saturated carbocycles. The van der Waals surface area contributed by atoms with Crippen molar-refractivity contribution in [3.05, 3.63) is 35.4 Å². The summed E-state index contributed by atoms with van der Waals surface area (Å²) >= 11 is 0. The van der Waals surface area contributed by atoms with Crippen LogP contribution in [0.15, 0.2) is 24.3 Å². The van der Waals surface area contributed by atoms with Crippen molar-refractivity contribution in [2.24, 2.45) is 0 Å². The lowest BCUT2D eigenvalue weighted by Gasteiger charge is -2.30. The molecule has 0 spiro atoms. The quantitative estimate of drug-likeness (QED) is 0.0458. The topological polar surface area (TPSA) is 26.3 Å². The highest BCUT2D eigenvalue weighted by atomic mass is 16.5. The van der Waals surface area contributed by atoms with Gasteiger partial charge in [0.15, 0.2) is 0 Å². The fraction of sp³-hybridized carbons (Fsp3) is 0.829. The summed E-state index contributed by atoms with van der Waals surface area (Å²) in [5, 5.41) is 0. The van der Waals surface area contributed by atoms with Gasteiger partial charge in [0.25, 0.3) is 0 Å². The highest BCUT2D eigenvalue weighted by Crippen LogP contribution is 2.19. The van der Waals surface area contributed by atoms with Crippen molar-refractivity contribution in [2.45, 2.75) is 194 Å². The van der Waals surface area contributed by atoms with Crippen molar-refractivity contribution in [2.75, 3.05) is 27.2 Å². The number of likely N-dealkylation sites (N-methyl/N-ethyl adjacent to an activating group) is 1. The number of ether oxygens (including phenoxy) is 1. The molecule has 1 aromatic rings. The van der Waals surface area contributed by atoms with Crippen molar-refractivity contribution in [3.63, 3.8) is 0 Å². The molecule has 0 radical (unpaired) electrons. The number of esters is 1. The predicted octanol–water partition coefficient (Wildman–Crippen LogP) is 12.5. The molecule has 3 nitrogen and oxygen atoms in total. The van der Waals surface area contributed by atoms with Crippen LogP contribution >= 0.6 is 0 Å². The van der Waals surface area contributed by atoms with Crippen LogP contribution in [0.4, 0.5) is 0 Å². The highest BCUT2D eigenvalue weighted by Gasteiger charge is 2.18. The lowest BCUT2D eigenvalue weighted by molar-refractivity contribution is -0.903. The minimum atomic E-state index is -0.0129. The van der Waals surface area contributed by atoms with E-state index in [0.29, 0.717) is 13.0 Å². The zero-order chi connectivity index (χ0) is 32.0. The van der Waals surface area contributed by atoms with Gasteiger partial charge in [0.2, 0.25) is 0 Å². The Hall–Kier alpha value is -1.35. The van der Waals surface area contributed by atoms with E-state index in [4.69, 9.17) is 4.74 Å². The maximum atomic E-state index is 12.3. The van der Waals surface area contributed by atoms with Crippen LogP contribution in [0.3, 0.4) is 0 Å². The fourth-order valence-electron chi connectivity index (χ4n) is 6.42. The Bertz CT molecular complexity index is 774. The van der Waals surface area contributed by atoms with Crippen LogP contribution in [-0.2, 0) is 22.5 Å². The molecule has 0 N–H and O–H groups in total. The van der Waals surface area contributed by atoms with Gasteiger partial charge in [0, 0.05) is 12.0 Å². The van der Waals surface area contributed by atoms with E-state index >= 15 is 0 Å². The van der Waals surface area contributed by atoms with Crippen molar-refractivity contribution in [1.29, 1.82) is 0 Å². The molecule has 3 heteroatoms. The number of benzene rings is 1. The Balaban J connectivity index is 2.06. The molecule has 256 valence electrons. The first-order valence-electron chi connectivity index (χ1n) is 19.5. The molecule has 1 rings (SSSR count). The van der Waals surface area contributed by atoms with E-state index < -0.39 is 0 Å². The second kappa shape index (κ2) is 29.1. The van der Waals surface area contributed by atoms with E-state index in [1.165, 1.54) is 165 Å². The van der Waals surface area contributed by atoms with Gasteiger partial charge in [-0.3, -0.25) is 4.79 Å². The van der Waals surface area contributed by atoms with Crippen LogP contribution < -0.4 is 0 Å². The first-order chi connectivity index (χ1) is 21.5. The summed E-state index contributed by atoms with van der Waals surface area (Å²) in [6.07, 6.45) is 35.8. The van der Waals surface area contributed by atoms with Crippen LogP contribution in [0.5, 0.6) is 0 Å². The molecular formula is C41H76NO2+. The van der Waals surface area contributed by atoms with Crippen molar-refractivity contribution in [3.8, 4) is 0 Å². The zero-order valence-corrected chi connectivity index (χ0v) is 30.3. The predicted molar refractivity (Wildman–Crippen MR) is 193 cm³/mol. The van der Waals surface area contributed by atoms with Gasteiger partial charge in [-0.25, -0.2) is 0 Å². The Morgan fingerprint density at radius 2 is 0.932 bits per heavy atom. The van der Waals surface area contributed by atoms with Crippen LogP contribution in [0, 0.1) is 0 Å². The minimum absolute atomic E-state index is 0.0129. The molecule has 0 heterocycles. The summed E-state index contributed by atoms with van der Waals surface area (Å²) in [5.41, 5.74) is 2.96. The monoisotopic (exact) mass is 615 g/mol. The normalized spacial score (nSPS) is 11.7. The average molecular weight is 615 g/mol. The molecule has 0 aliphatic heterocycles. The molecular weight excluding hydrogens is 538 g/mol. The third-order valence-electron chi connectivity index (χ3n) is 9.46. The van der Waals surface area contributed by atoms with Gasteiger partial charge in [-0.05, 0) is 24.8 Å². The molecule has 0 aromatic heterocycles. The summed E-state index contributed by atoms with van der Waals surface area (Å²) in [7, 11) is 4.53. The maximum absolute atomic E-state index is 12.3. The van der Waals surface area contributed by atoms with Crippen LogP contribution in [-0.4, -0.2) is 37.7 Å². The first-order valence-corrected chi connectivity index (χ1v) is 19.5. The minimum Gasteiger partial charge on any atom is -0.460 e. The summed E-state index contributed by atoms with van der Waals surface area (Å²) < 4.78 is 6.50. The van der Waals surface area contributed by atoms with E-state index in [0.717, 1.165) is 30.4 Å². The maximum Gasteiger partial charge on any atom is 0.305 e. The number of carbonyl (C=O) groups is 1. The van der Waals surface area contributed by atoms with Crippen molar-refractivity contribution < 1.29 is 14.0 Å². The number of hydrogen-bond acceptors (Lipinski definition) is 2. The van der Waals surface area contributed by atoms with Gasteiger partial charge in [0.1, 0.15) is 19.7 Å². The standard InChI is InChI=1S/C41H76NO2/c1-5-7-9-11-13-15-17-18-19-20-21-23-25-27-29-35-41(43)44-37-36-42(3,4)38-40-34-31-30-33-39(40)32-28-26-24-22-16-14-12-10-8-6-2/h30-31,33-34H,5-29,32,35-38H2,1-4H3/q+1. The molecule has 0 aliphatic rings. The fourth-order valence-corrected chi connectivity index (χ4v) is 6.42. The van der Waals surface area contributed by atoms with Gasteiger partial charge >= 0.3 is 5.97 Å². The largest absolute Gasteiger partial charge is 0.460 e. The summed E-state index contributed by atoms with van der Waals surface area (Å²) in [5.74, 6) is -0.0129. The Labute approximate surface area is 275 Å². The highest BCUT2D eigenvalue weighted by molar-refractivity contribution is 5.69. The van der Waals surface area contributed by atoms with E-state index in [9.17, 15) is 4.79 Å². The van der Waals surface area contributed by atoms with Gasteiger partial charge in [-0.1, -0.05) is 186 Å². The average Bonchev–Trinajstić information content (AvgIpc) is 3.00. The lowest BCUT2D eigenvalue weighted by atomic mass is 9.99. The number of nitrogens with zero attached hydrogens (tertiary/aromatic N) is 1. The van der Waals surface area contributed by atoms with Gasteiger partial charge in [-0.15, -0.1) is 0 Å². The SMILES string of the molecule is CCCCCCCCCCCCCCCCCC(=O)OCC[N+](C)(C)Cc1ccccc1CCCCCCCCCCCC. The number of rotatable bonds is 32. The molecule has 44 heavy (non-hydrogen) atoms. The number of unbranched alkanes of at least 4 members (excludes halogenated alkanes) is 23. The molecule has 0 saturated heterocycles. The van der Waals surface area contributed by atoms with Gasteiger partial charge in [0.05, 0.1) is 14.1 Å². The summed E-state index contributed by atoms with van der Waals surface area (Å²) in [6.45, 7) is 6.95. The van der Waals surface area contributed by atoms with E-state index in [-0.39, 0.29) is 5.97 Å². The zero-order valence-electron chi connectivity index (χ0n) is 30.3. The second-order valence-electron chi connectivity index (χ2n) is 14.4. The van der Waals surface area contributed by atoms with E-state index in [1.807, 2.05) is 0 Å². The van der Waals surface area contributed by atoms with Crippen molar-refractivity contribution >= 4 is 5.97 Å². The number of carbonyl (C=O) groups excluding carboxylic acids is 1. The molecule has 0 fully saturated rings. The van der Waals surface area contributed by atoms with Crippen LogP contribution in [0.1, 0.15) is 192 Å². The first kappa shape index (κ1) is 40.7. The van der Waals surface area contributed by atoms with Crippen LogP contribution in [0.2, 0.25) is 0 Å². The van der Waals surface area contributed by atoms with E-state index in [2.05, 4.69) is 52.2 Å². The van der Waals surface area contributed by atoms with Gasteiger partial charge < -0.3 is 9.22 Å². The number of quaternary nitrogens is 1. The van der Waals surface area contributed by atoms with E-state index in [1.54, 1.807) is 0 Å². The molecule has 0 aliphatic carbocycles. The molecule has 0 amide bonds. The summed E-state index contributed by atoms with van der Waals surface area (Å²) in [6, 6.07) is 8.98. The lowest BCUT2D eigenvalue weighted by Crippen LogP contribution is -2.42. The number of aryl methyl sites for hydroxylation is 1. The van der Waals surface area contributed by atoms with Crippen molar-refractivity contribution in [1.82, 2.24) is 0 Å². The van der Waals surface area contributed by atoms with Crippen LogP contribution in [0.25, 0.3) is 0 Å². The molecule has 0 unspecified atom stereocenters. The Morgan fingerprint density at radius 1 is 0.545 bits per heavy atom. The molecule has 1 aromatic carbocycles. The Morgan fingerprint density at radius 3 is 1.39 bits per heavy atom. The van der Waals surface area contributed by atoms with Gasteiger partial charge in [-0.2, -0.15) is 0 Å². The Kier molecular flexibility index (Phi) is 26.9. The molecule has 0 atom stereocenters. The third-order valence-corrected chi connectivity index (χ3v) is 9.46. The molecule has 0 bridgehead atoms. The third kappa shape index (κ3) is 24.9.